The van der Waals surface area contributed by atoms with E-state index in [4.69, 9.17) is 4.42 Å². The van der Waals surface area contributed by atoms with Crippen molar-refractivity contribution in [2.24, 2.45) is 11.8 Å². The van der Waals surface area contributed by atoms with E-state index in [0.29, 0.717) is 0 Å². The molecule has 62 valence electrons. The molecule has 0 amide bonds. The average Bonchev–Trinajstić information content (AvgIpc) is 2.39. The summed E-state index contributed by atoms with van der Waals surface area (Å²) in [6.45, 7) is 6.78. The first-order valence-corrected chi connectivity index (χ1v) is 4.21. The Kier molecular flexibility index (Phi) is 2.75. The van der Waals surface area contributed by atoms with Crippen LogP contribution >= 0.6 is 0 Å². The predicted molar refractivity (Wildman–Crippen MR) is 46.4 cm³/mol. The molecule has 1 rings (SSSR count). The van der Waals surface area contributed by atoms with Gasteiger partial charge in [-0.05, 0) is 29.9 Å². The van der Waals surface area contributed by atoms with Gasteiger partial charge in [0.05, 0.1) is 12.5 Å². The summed E-state index contributed by atoms with van der Waals surface area (Å²) in [4.78, 5) is 0. The first-order valence-electron chi connectivity index (χ1n) is 4.21. The van der Waals surface area contributed by atoms with E-state index in [1.807, 2.05) is 12.3 Å². The van der Waals surface area contributed by atoms with Crippen molar-refractivity contribution in [1.82, 2.24) is 0 Å². The number of hydrogen-bond acceptors (Lipinski definition) is 1. The maximum atomic E-state index is 5.00. The lowest BCUT2D eigenvalue weighted by Gasteiger charge is -2.13. The summed E-state index contributed by atoms with van der Waals surface area (Å²) in [7, 11) is 0. The minimum Gasteiger partial charge on any atom is -0.472 e. The van der Waals surface area contributed by atoms with Crippen molar-refractivity contribution in [2.45, 2.75) is 27.2 Å². The summed E-state index contributed by atoms with van der Waals surface area (Å²) in [6.07, 6.45) is 4.70. The lowest BCUT2D eigenvalue weighted by atomic mass is 9.92. The fourth-order valence-electron chi connectivity index (χ4n) is 1.02. The van der Waals surface area contributed by atoms with Gasteiger partial charge in [0.15, 0.2) is 0 Å². The molecule has 1 unspecified atom stereocenters. The zero-order valence-electron chi connectivity index (χ0n) is 7.50. The topological polar surface area (TPSA) is 13.1 Å². The number of hydrogen-bond donors (Lipinski definition) is 0. The van der Waals surface area contributed by atoms with Gasteiger partial charge in [0, 0.05) is 0 Å². The molecule has 0 radical (unpaired) electrons. The summed E-state index contributed by atoms with van der Waals surface area (Å²) in [5.41, 5.74) is 1.31. The van der Waals surface area contributed by atoms with Crippen LogP contribution < -0.4 is 0 Å². The molecule has 0 bridgehead atoms. The Balaban J connectivity index is 2.43. The third-order valence-electron chi connectivity index (χ3n) is 2.28. The SMILES string of the molecule is CC(C)C(C)Cc1ccoc1. The van der Waals surface area contributed by atoms with Gasteiger partial charge in [-0.3, -0.25) is 0 Å². The molecule has 0 fully saturated rings. The van der Waals surface area contributed by atoms with E-state index in [2.05, 4.69) is 20.8 Å². The molecule has 1 aromatic heterocycles. The molecule has 0 saturated heterocycles. The molecule has 11 heavy (non-hydrogen) atoms. The first kappa shape index (κ1) is 8.38. The van der Waals surface area contributed by atoms with Crippen molar-refractivity contribution in [2.75, 3.05) is 0 Å². The zero-order chi connectivity index (χ0) is 8.27. The van der Waals surface area contributed by atoms with Gasteiger partial charge < -0.3 is 4.42 Å². The van der Waals surface area contributed by atoms with E-state index in [1.54, 1.807) is 6.26 Å². The van der Waals surface area contributed by atoms with Gasteiger partial charge in [-0.15, -0.1) is 0 Å². The maximum absolute atomic E-state index is 5.00. The van der Waals surface area contributed by atoms with Crippen LogP contribution in [0.4, 0.5) is 0 Å². The Morgan fingerprint density at radius 2 is 2.09 bits per heavy atom. The molecule has 0 saturated carbocycles. The van der Waals surface area contributed by atoms with Crippen molar-refractivity contribution in [3.63, 3.8) is 0 Å². The zero-order valence-corrected chi connectivity index (χ0v) is 7.50. The smallest absolute Gasteiger partial charge is 0.0934 e. The van der Waals surface area contributed by atoms with Crippen LogP contribution in [0.2, 0.25) is 0 Å². The molecule has 1 atom stereocenters. The van der Waals surface area contributed by atoms with E-state index < -0.39 is 0 Å². The van der Waals surface area contributed by atoms with E-state index in [0.717, 1.165) is 18.3 Å². The summed E-state index contributed by atoms with van der Waals surface area (Å²) in [5, 5.41) is 0. The second-order valence-corrected chi connectivity index (χ2v) is 3.56. The summed E-state index contributed by atoms with van der Waals surface area (Å²) >= 11 is 0. The monoisotopic (exact) mass is 152 g/mol. The first-order chi connectivity index (χ1) is 5.20. The van der Waals surface area contributed by atoms with Crippen LogP contribution in [-0.2, 0) is 6.42 Å². The molecule has 1 heterocycles. The average molecular weight is 152 g/mol. The molecule has 0 aliphatic heterocycles. The van der Waals surface area contributed by atoms with Crippen LogP contribution in [0, 0.1) is 11.8 Å². The molecule has 1 nitrogen and oxygen atoms in total. The van der Waals surface area contributed by atoms with Crippen LogP contribution in [-0.4, -0.2) is 0 Å². The Bertz CT molecular complexity index is 187. The highest BCUT2D eigenvalue weighted by atomic mass is 16.3. The highest BCUT2D eigenvalue weighted by Gasteiger charge is 2.07. The van der Waals surface area contributed by atoms with Crippen molar-refractivity contribution >= 4 is 0 Å². The Hall–Kier alpha value is -0.720. The van der Waals surface area contributed by atoms with Crippen molar-refractivity contribution < 1.29 is 4.42 Å². The highest BCUT2D eigenvalue weighted by molar-refractivity contribution is 5.05. The van der Waals surface area contributed by atoms with Crippen LogP contribution in [0.25, 0.3) is 0 Å². The van der Waals surface area contributed by atoms with Crippen molar-refractivity contribution in [3.05, 3.63) is 24.2 Å². The Labute approximate surface area is 68.4 Å². The molecule has 1 aromatic rings. The van der Waals surface area contributed by atoms with Gasteiger partial charge in [0.1, 0.15) is 0 Å². The van der Waals surface area contributed by atoms with Crippen LogP contribution in [0.5, 0.6) is 0 Å². The van der Waals surface area contributed by atoms with E-state index in [9.17, 15) is 0 Å². The summed E-state index contributed by atoms with van der Waals surface area (Å²) in [6, 6.07) is 2.04. The van der Waals surface area contributed by atoms with Crippen LogP contribution in [0.3, 0.4) is 0 Å². The minimum absolute atomic E-state index is 0.743. The van der Waals surface area contributed by atoms with E-state index >= 15 is 0 Å². The number of furan rings is 1. The highest BCUT2D eigenvalue weighted by Crippen LogP contribution is 2.16. The molecule has 0 aliphatic rings. The second-order valence-electron chi connectivity index (χ2n) is 3.56. The fraction of sp³-hybridized carbons (Fsp3) is 0.600. The predicted octanol–water partition coefficient (Wildman–Crippen LogP) is 3.11. The molecule has 0 aliphatic carbocycles. The summed E-state index contributed by atoms with van der Waals surface area (Å²) in [5.74, 6) is 1.50. The third kappa shape index (κ3) is 2.41. The second kappa shape index (κ2) is 3.61. The maximum Gasteiger partial charge on any atom is 0.0934 e. The lowest BCUT2D eigenvalue weighted by Crippen LogP contribution is -2.06. The third-order valence-corrected chi connectivity index (χ3v) is 2.28. The van der Waals surface area contributed by atoms with Gasteiger partial charge in [-0.2, -0.15) is 0 Å². The quantitative estimate of drug-likeness (QED) is 0.648. The standard InChI is InChI=1S/C10H16O/c1-8(2)9(3)6-10-4-5-11-7-10/h4-5,7-9H,6H2,1-3H3. The molecule has 0 N–H and O–H groups in total. The fourth-order valence-corrected chi connectivity index (χ4v) is 1.02. The van der Waals surface area contributed by atoms with Gasteiger partial charge in [0.2, 0.25) is 0 Å². The number of rotatable bonds is 3. The Morgan fingerprint density at radius 3 is 2.55 bits per heavy atom. The molecular formula is C10H16O. The van der Waals surface area contributed by atoms with Gasteiger partial charge >= 0.3 is 0 Å². The molecular weight excluding hydrogens is 136 g/mol. The van der Waals surface area contributed by atoms with E-state index in [-0.39, 0.29) is 0 Å². The lowest BCUT2D eigenvalue weighted by molar-refractivity contribution is 0.415. The molecule has 0 spiro atoms. The molecule has 0 aromatic carbocycles. The summed E-state index contributed by atoms with van der Waals surface area (Å²) < 4.78 is 5.00. The Morgan fingerprint density at radius 1 is 1.36 bits per heavy atom. The van der Waals surface area contributed by atoms with Gasteiger partial charge in [-0.1, -0.05) is 20.8 Å². The van der Waals surface area contributed by atoms with Crippen LogP contribution in [0.15, 0.2) is 23.0 Å². The van der Waals surface area contributed by atoms with Crippen LogP contribution in [0.1, 0.15) is 26.3 Å². The molecule has 1 heteroatoms. The van der Waals surface area contributed by atoms with Gasteiger partial charge in [-0.25, -0.2) is 0 Å². The van der Waals surface area contributed by atoms with Crippen molar-refractivity contribution in [1.29, 1.82) is 0 Å². The normalized spacial score (nSPS) is 13.8. The largest absolute Gasteiger partial charge is 0.472 e. The minimum atomic E-state index is 0.743. The van der Waals surface area contributed by atoms with E-state index in [1.165, 1.54) is 5.56 Å². The van der Waals surface area contributed by atoms with Crippen molar-refractivity contribution in [3.8, 4) is 0 Å². The van der Waals surface area contributed by atoms with Gasteiger partial charge in [0.25, 0.3) is 0 Å².